The zero-order valence-electron chi connectivity index (χ0n) is 21.6. The number of fused-ring (bicyclic) bond motifs is 3. The third-order valence-corrected chi connectivity index (χ3v) is 8.25. The Labute approximate surface area is 229 Å². The second kappa shape index (κ2) is 14.0. The van der Waals surface area contributed by atoms with Crippen molar-refractivity contribution in [1.82, 2.24) is 9.80 Å². The molecule has 5 rings (SSSR count). The van der Waals surface area contributed by atoms with Crippen LogP contribution in [0.3, 0.4) is 0 Å². The molecule has 2 aromatic rings. The van der Waals surface area contributed by atoms with E-state index in [1.807, 2.05) is 48.5 Å². The summed E-state index contributed by atoms with van der Waals surface area (Å²) in [6, 6.07) is 15.6. The molecule has 37 heavy (non-hydrogen) atoms. The number of halogens is 1. The number of carbonyl (C=O) groups is 2. The summed E-state index contributed by atoms with van der Waals surface area (Å²) in [5.41, 5.74) is 1.89. The Morgan fingerprint density at radius 3 is 2.38 bits per heavy atom. The van der Waals surface area contributed by atoms with Gasteiger partial charge in [0.15, 0.2) is 0 Å². The molecule has 3 saturated heterocycles. The summed E-state index contributed by atoms with van der Waals surface area (Å²) in [7, 11) is 0. The number of benzene rings is 2. The van der Waals surface area contributed by atoms with Crippen LogP contribution in [0.25, 0.3) is 0 Å². The number of nitrogens with zero attached hydrogens (tertiary/aromatic N) is 2. The lowest BCUT2D eigenvalue weighted by Gasteiger charge is -2.50. The van der Waals surface area contributed by atoms with Crippen molar-refractivity contribution in [3.63, 3.8) is 0 Å². The average molecular weight is 572 g/mol. The zero-order valence-corrected chi connectivity index (χ0v) is 23.2. The minimum atomic E-state index is -0.872. The van der Waals surface area contributed by atoms with Crippen molar-refractivity contribution >= 4 is 28.3 Å². The molecule has 0 spiro atoms. The van der Waals surface area contributed by atoms with E-state index in [1.165, 1.54) is 0 Å². The van der Waals surface area contributed by atoms with Crippen molar-refractivity contribution in [3.05, 3.63) is 64.1 Å². The van der Waals surface area contributed by atoms with Gasteiger partial charge in [0.25, 0.3) is 0 Å². The molecule has 0 aromatic heterocycles. The Balaban J connectivity index is 1.49. The summed E-state index contributed by atoms with van der Waals surface area (Å²) in [6.07, 6.45) is 9.35. The fraction of sp³-hybridized carbons (Fsp3) is 0.533. The maximum absolute atomic E-state index is 12.8. The summed E-state index contributed by atoms with van der Waals surface area (Å²) in [4.78, 5) is 27.4. The second-order valence-electron chi connectivity index (χ2n) is 10.4. The van der Waals surface area contributed by atoms with Crippen molar-refractivity contribution in [2.45, 2.75) is 69.9 Å². The molecule has 7 heteroatoms. The van der Waals surface area contributed by atoms with E-state index in [1.54, 1.807) is 4.90 Å². The van der Waals surface area contributed by atoms with Gasteiger partial charge in [0.05, 0.1) is 18.7 Å². The van der Waals surface area contributed by atoms with Gasteiger partial charge in [0.1, 0.15) is 12.0 Å². The van der Waals surface area contributed by atoms with Crippen LogP contribution in [0.1, 0.15) is 75.0 Å². The summed E-state index contributed by atoms with van der Waals surface area (Å²) < 4.78 is 7.03. The number of carbonyl (C=O) groups excluding carboxylic acids is 1. The highest BCUT2D eigenvalue weighted by molar-refractivity contribution is 9.10. The molecule has 2 bridgehead atoms. The Morgan fingerprint density at radius 1 is 1.03 bits per heavy atom. The monoisotopic (exact) mass is 570 g/mol. The van der Waals surface area contributed by atoms with Gasteiger partial charge in [-0.05, 0) is 74.0 Å². The van der Waals surface area contributed by atoms with E-state index in [2.05, 4.69) is 20.8 Å². The molecular weight excluding hydrogens is 532 g/mol. The van der Waals surface area contributed by atoms with E-state index < -0.39 is 12.1 Å². The van der Waals surface area contributed by atoms with Crippen molar-refractivity contribution in [3.8, 4) is 5.75 Å². The molecule has 3 aliphatic rings. The summed E-state index contributed by atoms with van der Waals surface area (Å²) in [5.74, 6) is 1.16. The first kappa shape index (κ1) is 27.6. The first-order chi connectivity index (χ1) is 18.1. The van der Waals surface area contributed by atoms with Gasteiger partial charge in [-0.25, -0.2) is 4.79 Å². The second-order valence-corrected chi connectivity index (χ2v) is 11.3. The summed E-state index contributed by atoms with van der Waals surface area (Å²) in [6.45, 7) is 3.56. The molecule has 0 saturated carbocycles. The standard InChI is InChI=1S/C30H39BrN2O4/c31-26-19-25(20-27(21-26)37-18-10-5-3-1-2-4-9-17-34)29(24-11-7-6-8-12-24)33(30(35)36)28-22-32-15-13-23(28)14-16-32/h6-8,11-12,17,19-21,23,28-29H,1-5,9-10,13-16,18,22H2,(H,35,36)/t28-,29?/m0/s1. The molecule has 1 unspecified atom stereocenters. The quantitative estimate of drug-likeness (QED) is 0.197. The van der Waals surface area contributed by atoms with E-state index in [0.29, 0.717) is 18.9 Å². The van der Waals surface area contributed by atoms with Gasteiger partial charge in [0.2, 0.25) is 0 Å². The number of hydrogen-bond donors (Lipinski definition) is 1. The maximum atomic E-state index is 12.8. The lowest BCUT2D eigenvalue weighted by atomic mass is 9.81. The fourth-order valence-electron chi connectivity index (χ4n) is 5.89. The van der Waals surface area contributed by atoms with Crippen molar-refractivity contribution in [2.24, 2.45) is 5.92 Å². The predicted molar refractivity (Wildman–Crippen MR) is 149 cm³/mol. The smallest absolute Gasteiger partial charge is 0.408 e. The van der Waals surface area contributed by atoms with Crippen LogP contribution in [0.2, 0.25) is 0 Å². The number of amides is 1. The third-order valence-electron chi connectivity index (χ3n) is 7.79. The number of unbranched alkanes of at least 4 members (excludes halogenated alkanes) is 6. The SMILES string of the molecule is O=CCCCCCCCCOc1cc(Br)cc(C(c2ccccc2)N(C(=O)O)[C@H]2CN3CCC2CC3)c1. The number of aldehydes is 1. The molecule has 2 atom stereocenters. The highest BCUT2D eigenvalue weighted by Crippen LogP contribution is 2.40. The summed E-state index contributed by atoms with van der Waals surface area (Å²) in [5, 5.41) is 10.5. The van der Waals surface area contributed by atoms with Crippen LogP contribution in [-0.4, -0.2) is 59.6 Å². The van der Waals surface area contributed by atoms with E-state index in [4.69, 9.17) is 4.74 Å². The van der Waals surface area contributed by atoms with E-state index >= 15 is 0 Å². The zero-order chi connectivity index (χ0) is 26.0. The minimum absolute atomic E-state index is 0.0277. The molecule has 200 valence electrons. The molecule has 0 radical (unpaired) electrons. The van der Waals surface area contributed by atoms with Crippen LogP contribution in [0, 0.1) is 5.92 Å². The highest BCUT2D eigenvalue weighted by Gasteiger charge is 2.43. The van der Waals surface area contributed by atoms with Gasteiger partial charge in [-0.2, -0.15) is 0 Å². The minimum Gasteiger partial charge on any atom is -0.494 e. The largest absolute Gasteiger partial charge is 0.494 e. The van der Waals surface area contributed by atoms with Crippen LogP contribution in [0.4, 0.5) is 4.79 Å². The number of rotatable bonds is 14. The molecule has 6 nitrogen and oxygen atoms in total. The van der Waals surface area contributed by atoms with Crippen molar-refractivity contribution in [2.75, 3.05) is 26.2 Å². The maximum Gasteiger partial charge on any atom is 0.408 e. The number of hydrogen-bond acceptors (Lipinski definition) is 4. The Kier molecular flexibility index (Phi) is 10.4. The topological polar surface area (TPSA) is 70.1 Å². The first-order valence-electron chi connectivity index (χ1n) is 13.7. The fourth-order valence-corrected chi connectivity index (χ4v) is 6.38. The normalized spacial score (nSPS) is 21.4. The Bertz CT molecular complexity index is 1010. The molecule has 0 aliphatic carbocycles. The summed E-state index contributed by atoms with van der Waals surface area (Å²) >= 11 is 3.65. The van der Waals surface area contributed by atoms with Gasteiger partial charge < -0.3 is 19.5 Å². The van der Waals surface area contributed by atoms with E-state index in [0.717, 1.165) is 98.6 Å². The van der Waals surface area contributed by atoms with E-state index in [9.17, 15) is 14.7 Å². The van der Waals surface area contributed by atoms with Gasteiger partial charge in [-0.3, -0.25) is 4.90 Å². The molecule has 3 heterocycles. The van der Waals surface area contributed by atoms with Crippen LogP contribution < -0.4 is 4.74 Å². The third kappa shape index (κ3) is 7.57. The first-order valence-corrected chi connectivity index (χ1v) is 14.5. The number of piperidine rings is 3. The number of ether oxygens (including phenoxy) is 1. The Morgan fingerprint density at radius 2 is 1.73 bits per heavy atom. The molecule has 2 aromatic carbocycles. The van der Waals surface area contributed by atoms with Crippen LogP contribution in [-0.2, 0) is 4.79 Å². The van der Waals surface area contributed by atoms with Crippen molar-refractivity contribution in [1.29, 1.82) is 0 Å². The van der Waals surface area contributed by atoms with Crippen LogP contribution >= 0.6 is 15.9 Å². The number of carboxylic acid groups (broad SMARTS) is 1. The molecule has 3 fully saturated rings. The van der Waals surface area contributed by atoms with Gasteiger partial charge in [-0.1, -0.05) is 71.9 Å². The van der Waals surface area contributed by atoms with Crippen LogP contribution in [0.15, 0.2) is 53.0 Å². The van der Waals surface area contributed by atoms with Gasteiger partial charge >= 0.3 is 6.09 Å². The van der Waals surface area contributed by atoms with Gasteiger partial charge in [-0.15, -0.1) is 0 Å². The van der Waals surface area contributed by atoms with Crippen LogP contribution in [0.5, 0.6) is 5.75 Å². The lowest BCUT2D eigenvalue weighted by Crippen LogP contribution is -2.59. The molecule has 1 amide bonds. The lowest BCUT2D eigenvalue weighted by molar-refractivity contribution is -0.107. The van der Waals surface area contributed by atoms with Crippen molar-refractivity contribution < 1.29 is 19.4 Å². The Hall–Kier alpha value is -2.38. The predicted octanol–water partition coefficient (Wildman–Crippen LogP) is 6.92. The average Bonchev–Trinajstić information content (AvgIpc) is 2.91. The highest BCUT2D eigenvalue weighted by atomic mass is 79.9. The molecule has 3 aliphatic heterocycles. The van der Waals surface area contributed by atoms with Gasteiger partial charge in [0, 0.05) is 17.4 Å². The molecule has 1 N–H and O–H groups in total. The van der Waals surface area contributed by atoms with E-state index in [-0.39, 0.29) is 6.04 Å². The molecular formula is C30H39BrN2O4.